The summed E-state index contributed by atoms with van der Waals surface area (Å²) >= 11 is 0. The fraction of sp³-hybridized carbons (Fsp3) is 0.960. The zero-order chi connectivity index (χ0) is 20.7. The van der Waals surface area contributed by atoms with Gasteiger partial charge in [-0.05, 0) is 110 Å². The van der Waals surface area contributed by atoms with Crippen molar-refractivity contribution in [2.24, 2.45) is 58.2 Å². The van der Waals surface area contributed by atoms with Crippen LogP contribution in [0.4, 0.5) is 0 Å². The highest BCUT2D eigenvalue weighted by molar-refractivity contribution is 5.73. The molecule has 0 aromatic carbocycles. The molecule has 29 heavy (non-hydrogen) atoms. The third-order valence-corrected chi connectivity index (χ3v) is 11.2. The van der Waals surface area contributed by atoms with E-state index in [1.165, 1.54) is 25.7 Å². The van der Waals surface area contributed by atoms with Crippen molar-refractivity contribution in [2.45, 2.75) is 90.8 Å². The summed E-state index contributed by atoms with van der Waals surface area (Å²) < 4.78 is 0. The number of fused-ring (bicyclic) bond motifs is 5. The first-order valence-electron chi connectivity index (χ1n) is 12.3. The van der Waals surface area contributed by atoms with Crippen LogP contribution in [0.5, 0.6) is 0 Å². The average molecular weight is 405 g/mol. The van der Waals surface area contributed by atoms with Crippen LogP contribution >= 0.6 is 0 Å². The van der Waals surface area contributed by atoms with Gasteiger partial charge in [0.2, 0.25) is 0 Å². The Hall–Kier alpha value is -0.610. The van der Waals surface area contributed by atoms with E-state index in [4.69, 9.17) is 0 Å². The Morgan fingerprint density at radius 1 is 0.931 bits per heavy atom. The molecule has 5 aliphatic rings. The zero-order valence-corrected chi connectivity index (χ0v) is 18.4. The molecule has 4 heteroatoms. The monoisotopic (exact) mass is 404 g/mol. The van der Waals surface area contributed by atoms with Crippen molar-refractivity contribution in [1.29, 1.82) is 0 Å². The van der Waals surface area contributed by atoms with E-state index in [-0.39, 0.29) is 29.0 Å². The molecule has 0 amide bonds. The first kappa shape index (κ1) is 20.3. The van der Waals surface area contributed by atoms with Gasteiger partial charge in [0, 0.05) is 0 Å². The van der Waals surface area contributed by atoms with Gasteiger partial charge < -0.3 is 15.3 Å². The number of aliphatic hydroxyl groups is 2. The number of aliphatic hydroxyl groups excluding tert-OH is 2. The Morgan fingerprint density at radius 2 is 1.62 bits per heavy atom. The van der Waals surface area contributed by atoms with Gasteiger partial charge in [-0.1, -0.05) is 20.8 Å². The molecule has 0 aromatic heterocycles. The lowest BCUT2D eigenvalue weighted by Gasteiger charge is -2.62. The summed E-state index contributed by atoms with van der Waals surface area (Å²) in [6, 6.07) is 0. The molecule has 5 fully saturated rings. The Bertz CT molecular complexity index is 678. The number of carboxylic acids is 1. The lowest BCUT2D eigenvalue weighted by atomic mass is 9.43. The molecule has 0 spiro atoms. The molecule has 0 radical (unpaired) electrons. The van der Waals surface area contributed by atoms with Gasteiger partial charge in [-0.25, -0.2) is 0 Å². The lowest BCUT2D eigenvalue weighted by molar-refractivity contribution is -0.174. The van der Waals surface area contributed by atoms with Crippen LogP contribution in [0.15, 0.2) is 0 Å². The SMILES string of the molecule is C[C@@H](C1CC[C@H]2[C@@H]3[C@H](O)CC4C[C@H](O)CC[C@]4(C)[C@H]3CC[C@]12C)[C@H]1C[C@H]1C(=O)O. The van der Waals surface area contributed by atoms with Gasteiger partial charge in [-0.2, -0.15) is 0 Å². The molecule has 0 bridgehead atoms. The first-order chi connectivity index (χ1) is 13.7. The van der Waals surface area contributed by atoms with Crippen LogP contribution in [0.2, 0.25) is 0 Å². The van der Waals surface area contributed by atoms with Gasteiger partial charge in [-0.3, -0.25) is 4.79 Å². The fourth-order valence-electron chi connectivity index (χ4n) is 9.48. The van der Waals surface area contributed by atoms with Crippen LogP contribution in [0, 0.1) is 58.2 Å². The summed E-state index contributed by atoms with van der Waals surface area (Å²) in [5.74, 6) is 2.76. The summed E-state index contributed by atoms with van der Waals surface area (Å²) in [7, 11) is 0. The molecule has 0 heterocycles. The second kappa shape index (κ2) is 6.69. The molecular formula is C25H40O4. The molecule has 164 valence electrons. The number of carbonyl (C=O) groups is 1. The van der Waals surface area contributed by atoms with Crippen LogP contribution < -0.4 is 0 Å². The number of rotatable bonds is 3. The predicted molar refractivity (Wildman–Crippen MR) is 111 cm³/mol. The minimum atomic E-state index is -0.605. The molecule has 5 saturated carbocycles. The van der Waals surface area contributed by atoms with E-state index < -0.39 is 5.97 Å². The molecule has 0 saturated heterocycles. The highest BCUT2D eigenvalue weighted by atomic mass is 16.4. The van der Waals surface area contributed by atoms with Crippen LogP contribution in [-0.2, 0) is 4.79 Å². The van der Waals surface area contributed by atoms with Crippen LogP contribution in [0.1, 0.15) is 78.6 Å². The Morgan fingerprint density at radius 3 is 2.31 bits per heavy atom. The quantitative estimate of drug-likeness (QED) is 0.654. The second-order valence-electron chi connectivity index (χ2n) is 12.2. The predicted octanol–water partition coefficient (Wildman–Crippen LogP) is 4.33. The highest BCUT2D eigenvalue weighted by Gasteiger charge is 2.64. The van der Waals surface area contributed by atoms with Crippen molar-refractivity contribution in [3.05, 3.63) is 0 Å². The minimum Gasteiger partial charge on any atom is -0.481 e. The molecule has 4 nitrogen and oxygen atoms in total. The van der Waals surface area contributed by atoms with Crippen LogP contribution in [0.25, 0.3) is 0 Å². The Kier molecular flexibility index (Phi) is 4.68. The summed E-state index contributed by atoms with van der Waals surface area (Å²) in [4.78, 5) is 11.4. The van der Waals surface area contributed by atoms with Crippen molar-refractivity contribution < 1.29 is 20.1 Å². The number of hydrogen-bond acceptors (Lipinski definition) is 3. The van der Waals surface area contributed by atoms with Crippen molar-refractivity contribution in [3.8, 4) is 0 Å². The lowest BCUT2D eigenvalue weighted by Crippen LogP contribution is -2.58. The van der Waals surface area contributed by atoms with E-state index in [2.05, 4.69) is 20.8 Å². The van der Waals surface area contributed by atoms with Gasteiger partial charge in [0.05, 0.1) is 18.1 Å². The van der Waals surface area contributed by atoms with E-state index in [1.807, 2.05) is 0 Å². The maximum Gasteiger partial charge on any atom is 0.306 e. The largest absolute Gasteiger partial charge is 0.481 e. The van der Waals surface area contributed by atoms with Gasteiger partial charge in [0.25, 0.3) is 0 Å². The number of carboxylic acid groups (broad SMARTS) is 1. The molecule has 2 unspecified atom stereocenters. The Balaban J connectivity index is 1.39. The molecule has 0 aliphatic heterocycles. The minimum absolute atomic E-state index is 0.113. The summed E-state index contributed by atoms with van der Waals surface area (Å²) in [5, 5.41) is 30.9. The van der Waals surface area contributed by atoms with Crippen molar-refractivity contribution in [1.82, 2.24) is 0 Å². The maximum atomic E-state index is 11.4. The van der Waals surface area contributed by atoms with Crippen LogP contribution in [-0.4, -0.2) is 33.5 Å². The highest BCUT2D eigenvalue weighted by Crippen LogP contribution is 2.69. The smallest absolute Gasteiger partial charge is 0.306 e. The fourth-order valence-corrected chi connectivity index (χ4v) is 9.48. The molecule has 0 aromatic rings. The van der Waals surface area contributed by atoms with Gasteiger partial charge in [0.15, 0.2) is 0 Å². The van der Waals surface area contributed by atoms with Gasteiger partial charge in [-0.15, -0.1) is 0 Å². The average Bonchev–Trinajstić information content (AvgIpc) is 3.39. The van der Waals surface area contributed by atoms with Gasteiger partial charge >= 0.3 is 5.97 Å². The third-order valence-electron chi connectivity index (χ3n) is 11.2. The maximum absolute atomic E-state index is 11.4. The topological polar surface area (TPSA) is 77.8 Å². The third kappa shape index (κ3) is 2.87. The van der Waals surface area contributed by atoms with Crippen LogP contribution in [0.3, 0.4) is 0 Å². The van der Waals surface area contributed by atoms with E-state index in [0.29, 0.717) is 41.4 Å². The summed E-state index contributed by atoms with van der Waals surface area (Å²) in [6.45, 7) is 7.26. The zero-order valence-electron chi connectivity index (χ0n) is 18.4. The molecule has 3 N–H and O–H groups in total. The van der Waals surface area contributed by atoms with Crippen molar-refractivity contribution in [2.75, 3.05) is 0 Å². The molecule has 5 rings (SSSR count). The van der Waals surface area contributed by atoms with Crippen molar-refractivity contribution in [3.63, 3.8) is 0 Å². The number of hydrogen-bond donors (Lipinski definition) is 3. The normalized spacial score (nSPS) is 57.3. The standard InChI is InChI=1S/C25H40O4/c1-13(16-12-17(16)23(28)29)18-4-5-19-22-20(7-9-25(18,19)3)24(2)8-6-15(26)10-14(24)11-21(22)27/h13-22,26-27H,4-12H2,1-3H3,(H,28,29)/t13-,14?,15-,16-,17-,18?,19+,20+,21-,22+,24+,25-/m1/s1. The molecule has 5 aliphatic carbocycles. The first-order valence-corrected chi connectivity index (χ1v) is 12.3. The summed E-state index contributed by atoms with van der Waals surface area (Å²) in [6.07, 6.45) is 9.08. The second-order valence-corrected chi connectivity index (χ2v) is 12.2. The molecule has 12 atom stereocenters. The van der Waals surface area contributed by atoms with E-state index in [9.17, 15) is 20.1 Å². The van der Waals surface area contributed by atoms with E-state index >= 15 is 0 Å². The number of aliphatic carboxylic acids is 1. The summed E-state index contributed by atoms with van der Waals surface area (Å²) in [5.41, 5.74) is 0.531. The van der Waals surface area contributed by atoms with Gasteiger partial charge in [0.1, 0.15) is 0 Å². The molecular weight excluding hydrogens is 364 g/mol. The van der Waals surface area contributed by atoms with E-state index in [0.717, 1.165) is 32.1 Å². The van der Waals surface area contributed by atoms with E-state index in [1.54, 1.807) is 0 Å². The Labute approximate surface area is 175 Å². The van der Waals surface area contributed by atoms with Crippen molar-refractivity contribution >= 4 is 5.97 Å².